The lowest BCUT2D eigenvalue weighted by Crippen LogP contribution is -2.35. The molecule has 16 nitrogen and oxygen atoms in total. The zero-order chi connectivity index (χ0) is 40.0. The standard InChI is InChI=1S/C40H38N4O12/c1-2-53-30-16-14-29(15-17-30)40-42-41-39(56-40)28-12-9-26(10-13-28)7-8-27-11-18-32(44(24-37(49)50)25-38(51)52)34(21-27)55-20-19-54-33-6-4-3-5-31(33)43(22-35(45)46)23-36(47)48/h3-18,21H,2,19-20,22-25H2,1H3,(H,45,46)(H,47,48)(H,49,50)(H,51,52)/b8-7+. The highest BCUT2D eigenvalue weighted by molar-refractivity contribution is 5.83. The van der Waals surface area contributed by atoms with Crippen LogP contribution in [0.1, 0.15) is 18.1 Å². The SMILES string of the molecule is CCOc1ccc(-c2nnc(-c3ccc(/C=C/c4ccc(N(CC(=O)O)CC(=O)O)c(OCCOc5ccccc5N(CC(=O)O)CC(=O)O)c4)cc3)o2)cc1. The van der Waals surface area contributed by atoms with Gasteiger partial charge >= 0.3 is 23.9 Å². The van der Waals surface area contributed by atoms with Crippen LogP contribution in [0.25, 0.3) is 35.1 Å². The molecule has 5 rings (SSSR count). The van der Waals surface area contributed by atoms with Gasteiger partial charge in [-0.05, 0) is 78.7 Å². The van der Waals surface area contributed by atoms with Gasteiger partial charge in [-0.2, -0.15) is 0 Å². The van der Waals surface area contributed by atoms with Crippen LogP contribution in [0.5, 0.6) is 17.2 Å². The fourth-order valence-corrected chi connectivity index (χ4v) is 5.51. The fraction of sp³-hybridized carbons (Fsp3) is 0.200. The number of carboxylic acid groups (broad SMARTS) is 4. The molecule has 0 unspecified atom stereocenters. The third-order valence-electron chi connectivity index (χ3n) is 7.90. The van der Waals surface area contributed by atoms with Crippen LogP contribution >= 0.6 is 0 Å². The number of aromatic nitrogens is 2. The summed E-state index contributed by atoms with van der Waals surface area (Å²) in [4.78, 5) is 48.4. The van der Waals surface area contributed by atoms with Crippen molar-refractivity contribution in [1.29, 1.82) is 0 Å². The lowest BCUT2D eigenvalue weighted by Gasteiger charge is -2.25. The average Bonchev–Trinajstić information content (AvgIpc) is 3.66. The number of aliphatic carboxylic acids is 4. The van der Waals surface area contributed by atoms with Crippen LogP contribution in [0.4, 0.5) is 11.4 Å². The maximum absolute atomic E-state index is 11.7. The van der Waals surface area contributed by atoms with Gasteiger partial charge in [0.25, 0.3) is 0 Å². The van der Waals surface area contributed by atoms with E-state index in [1.807, 2.05) is 61.5 Å². The molecule has 4 aromatic carbocycles. The zero-order valence-electron chi connectivity index (χ0n) is 30.1. The minimum Gasteiger partial charge on any atom is -0.494 e. The first-order valence-corrected chi connectivity index (χ1v) is 17.2. The summed E-state index contributed by atoms with van der Waals surface area (Å²) in [6, 6.07) is 26.0. The Hall–Kier alpha value is -7.36. The summed E-state index contributed by atoms with van der Waals surface area (Å²) in [6.45, 7) is -0.0958. The van der Waals surface area contributed by atoms with E-state index in [4.69, 9.17) is 18.6 Å². The van der Waals surface area contributed by atoms with Crippen molar-refractivity contribution in [2.75, 3.05) is 55.8 Å². The minimum atomic E-state index is -1.25. The predicted molar refractivity (Wildman–Crippen MR) is 204 cm³/mol. The van der Waals surface area contributed by atoms with Crippen LogP contribution in [0, 0.1) is 0 Å². The van der Waals surface area contributed by atoms with Crippen molar-refractivity contribution in [2.24, 2.45) is 0 Å². The van der Waals surface area contributed by atoms with Crippen molar-refractivity contribution in [3.8, 4) is 40.2 Å². The van der Waals surface area contributed by atoms with Crippen LogP contribution in [-0.4, -0.2) is 101 Å². The van der Waals surface area contributed by atoms with Crippen LogP contribution in [0.15, 0.2) is 95.4 Å². The monoisotopic (exact) mass is 766 g/mol. The van der Waals surface area contributed by atoms with E-state index in [9.17, 15) is 39.6 Å². The molecule has 0 saturated carbocycles. The Morgan fingerprint density at radius 1 is 0.589 bits per heavy atom. The molecular weight excluding hydrogens is 728 g/mol. The molecule has 0 bridgehead atoms. The molecule has 290 valence electrons. The van der Waals surface area contributed by atoms with E-state index < -0.39 is 50.1 Å². The van der Waals surface area contributed by atoms with Gasteiger partial charge in [0, 0.05) is 11.1 Å². The van der Waals surface area contributed by atoms with E-state index in [0.29, 0.717) is 29.5 Å². The molecule has 4 N–H and O–H groups in total. The van der Waals surface area contributed by atoms with Crippen LogP contribution in [-0.2, 0) is 19.2 Å². The highest BCUT2D eigenvalue weighted by atomic mass is 16.5. The summed E-state index contributed by atoms with van der Waals surface area (Å²) < 4.78 is 23.3. The van der Waals surface area contributed by atoms with E-state index in [0.717, 1.165) is 26.7 Å². The molecule has 0 aliphatic carbocycles. The number of hydrogen-bond donors (Lipinski definition) is 4. The van der Waals surface area contributed by atoms with E-state index >= 15 is 0 Å². The highest BCUT2D eigenvalue weighted by Crippen LogP contribution is 2.32. The molecule has 0 spiro atoms. The van der Waals surface area contributed by atoms with Crippen molar-refractivity contribution in [3.63, 3.8) is 0 Å². The van der Waals surface area contributed by atoms with E-state index in [2.05, 4.69) is 10.2 Å². The molecule has 5 aromatic rings. The summed E-state index contributed by atoms with van der Waals surface area (Å²) in [7, 11) is 0. The number of rotatable bonds is 21. The highest BCUT2D eigenvalue weighted by Gasteiger charge is 2.20. The summed E-state index contributed by atoms with van der Waals surface area (Å²) in [5, 5.41) is 46.0. The molecule has 0 aliphatic rings. The molecule has 0 aliphatic heterocycles. The van der Waals surface area contributed by atoms with E-state index in [-0.39, 0.29) is 36.1 Å². The summed E-state index contributed by atoms with van der Waals surface area (Å²) in [5.41, 5.74) is 3.42. The Balaban J connectivity index is 1.31. The molecule has 0 saturated heterocycles. The normalized spacial score (nSPS) is 10.9. The Morgan fingerprint density at radius 3 is 1.59 bits per heavy atom. The van der Waals surface area contributed by atoms with Gasteiger partial charge in [0.1, 0.15) is 56.6 Å². The van der Waals surface area contributed by atoms with Gasteiger partial charge in [-0.3, -0.25) is 19.2 Å². The molecular formula is C40H38N4O12. The van der Waals surface area contributed by atoms with Gasteiger partial charge in [0.05, 0.1) is 18.0 Å². The molecule has 0 atom stereocenters. The first-order chi connectivity index (χ1) is 27.0. The predicted octanol–water partition coefficient (Wildman–Crippen LogP) is 5.38. The third-order valence-corrected chi connectivity index (χ3v) is 7.90. The van der Waals surface area contributed by atoms with Gasteiger partial charge < -0.3 is 48.9 Å². The molecule has 1 aromatic heterocycles. The number of ether oxygens (including phenoxy) is 3. The second-order valence-electron chi connectivity index (χ2n) is 12.0. The largest absolute Gasteiger partial charge is 0.494 e. The Labute approximate surface area is 320 Å². The third kappa shape index (κ3) is 11.3. The molecule has 0 fully saturated rings. The van der Waals surface area contributed by atoms with Crippen molar-refractivity contribution >= 4 is 47.4 Å². The molecule has 0 radical (unpaired) electrons. The van der Waals surface area contributed by atoms with Gasteiger partial charge in [0.15, 0.2) is 0 Å². The van der Waals surface area contributed by atoms with Crippen molar-refractivity contribution in [1.82, 2.24) is 10.2 Å². The van der Waals surface area contributed by atoms with Crippen LogP contribution in [0.2, 0.25) is 0 Å². The molecule has 1 heterocycles. The second kappa shape index (κ2) is 19.1. The smallest absolute Gasteiger partial charge is 0.323 e. The number of nitrogens with zero attached hydrogens (tertiary/aromatic N) is 4. The lowest BCUT2D eigenvalue weighted by molar-refractivity contribution is -0.138. The topological polar surface area (TPSA) is 222 Å². The van der Waals surface area contributed by atoms with Gasteiger partial charge in [-0.15, -0.1) is 10.2 Å². The first-order valence-electron chi connectivity index (χ1n) is 17.2. The Bertz CT molecular complexity index is 2130. The number of carboxylic acids is 4. The summed E-state index contributed by atoms with van der Waals surface area (Å²) >= 11 is 0. The number of carbonyl (C=O) groups is 4. The van der Waals surface area contributed by atoms with Crippen LogP contribution in [0.3, 0.4) is 0 Å². The summed E-state index contributed by atoms with van der Waals surface area (Å²) in [6.07, 6.45) is 3.64. The van der Waals surface area contributed by atoms with E-state index in [1.54, 1.807) is 42.5 Å². The molecule has 16 heteroatoms. The molecule has 0 amide bonds. The number of benzene rings is 4. The molecule has 56 heavy (non-hydrogen) atoms. The van der Waals surface area contributed by atoms with Crippen molar-refractivity contribution in [2.45, 2.75) is 6.92 Å². The minimum absolute atomic E-state index is 0.0869. The second-order valence-corrected chi connectivity index (χ2v) is 12.0. The Kier molecular flexibility index (Phi) is 13.6. The average molecular weight is 767 g/mol. The van der Waals surface area contributed by atoms with Gasteiger partial charge in [-0.1, -0.05) is 42.5 Å². The number of hydrogen-bond acceptors (Lipinski definition) is 12. The summed E-state index contributed by atoms with van der Waals surface area (Å²) in [5.74, 6) is -3.09. The first kappa shape index (κ1) is 39.8. The quantitative estimate of drug-likeness (QED) is 0.0543. The van der Waals surface area contributed by atoms with Gasteiger partial charge in [0.2, 0.25) is 11.8 Å². The van der Waals surface area contributed by atoms with Gasteiger partial charge in [-0.25, -0.2) is 0 Å². The Morgan fingerprint density at radius 2 is 1.05 bits per heavy atom. The van der Waals surface area contributed by atoms with Crippen molar-refractivity contribution in [3.05, 3.63) is 102 Å². The maximum Gasteiger partial charge on any atom is 0.323 e. The fourth-order valence-electron chi connectivity index (χ4n) is 5.51. The van der Waals surface area contributed by atoms with E-state index in [1.165, 1.54) is 6.07 Å². The zero-order valence-corrected chi connectivity index (χ0v) is 30.1. The lowest BCUT2D eigenvalue weighted by atomic mass is 10.1. The van der Waals surface area contributed by atoms with Crippen LogP contribution < -0.4 is 24.0 Å². The number of anilines is 2. The maximum atomic E-state index is 11.7. The number of para-hydroxylation sites is 2. The van der Waals surface area contributed by atoms with Crippen molar-refractivity contribution < 1.29 is 58.2 Å².